The van der Waals surface area contributed by atoms with Gasteiger partial charge in [-0.05, 0) is 56.3 Å². The fraction of sp³-hybridized carbons (Fsp3) is 0.600. The molecule has 0 amide bonds. The zero-order chi connectivity index (χ0) is 13.0. The van der Waals surface area contributed by atoms with E-state index >= 15 is 0 Å². The topological polar surface area (TPSA) is 21.3 Å². The standard InChI is InChI=1S/C15H22ClNO/c1-11-9-13(3-4-14(11)16)15(17-2)10-12-5-7-18-8-6-12/h3-4,9,12,15,17H,5-8,10H2,1-2H3. The lowest BCUT2D eigenvalue weighted by Crippen LogP contribution is -2.24. The summed E-state index contributed by atoms with van der Waals surface area (Å²) in [6.45, 7) is 3.90. The number of hydrogen-bond acceptors (Lipinski definition) is 2. The van der Waals surface area contributed by atoms with Gasteiger partial charge in [0.05, 0.1) is 0 Å². The predicted molar refractivity (Wildman–Crippen MR) is 76.1 cm³/mol. The molecule has 1 heterocycles. The lowest BCUT2D eigenvalue weighted by atomic mass is 9.89. The second-order valence-electron chi connectivity index (χ2n) is 5.14. The lowest BCUT2D eigenvalue weighted by molar-refractivity contribution is 0.0608. The molecule has 0 bridgehead atoms. The third-order valence-corrected chi connectivity index (χ3v) is 4.27. The van der Waals surface area contributed by atoms with E-state index in [4.69, 9.17) is 16.3 Å². The van der Waals surface area contributed by atoms with Gasteiger partial charge in [0.15, 0.2) is 0 Å². The van der Waals surface area contributed by atoms with Crippen LogP contribution in [0.2, 0.25) is 5.02 Å². The number of nitrogens with one attached hydrogen (secondary N) is 1. The van der Waals surface area contributed by atoms with Crippen molar-refractivity contribution in [3.05, 3.63) is 34.3 Å². The van der Waals surface area contributed by atoms with Gasteiger partial charge < -0.3 is 10.1 Å². The van der Waals surface area contributed by atoms with Crippen molar-refractivity contribution in [3.63, 3.8) is 0 Å². The maximum Gasteiger partial charge on any atom is 0.0468 e. The molecule has 1 atom stereocenters. The first-order chi connectivity index (χ1) is 8.70. The molecule has 2 rings (SSSR count). The van der Waals surface area contributed by atoms with Crippen molar-refractivity contribution >= 4 is 11.6 Å². The van der Waals surface area contributed by atoms with Crippen LogP contribution in [0.5, 0.6) is 0 Å². The highest BCUT2D eigenvalue weighted by Crippen LogP contribution is 2.29. The highest BCUT2D eigenvalue weighted by atomic mass is 35.5. The molecule has 1 aliphatic rings. The van der Waals surface area contributed by atoms with Crippen LogP contribution in [-0.4, -0.2) is 20.3 Å². The Balaban J connectivity index is 2.04. The summed E-state index contributed by atoms with van der Waals surface area (Å²) in [5, 5.41) is 4.28. The van der Waals surface area contributed by atoms with Gasteiger partial charge in [-0.3, -0.25) is 0 Å². The normalized spacial score (nSPS) is 18.8. The molecule has 1 unspecified atom stereocenters. The molecule has 0 saturated carbocycles. The molecule has 1 aliphatic heterocycles. The van der Waals surface area contributed by atoms with E-state index in [0.29, 0.717) is 6.04 Å². The molecule has 0 aromatic heterocycles. The van der Waals surface area contributed by atoms with Crippen LogP contribution < -0.4 is 5.32 Å². The second kappa shape index (κ2) is 6.55. The summed E-state index contributed by atoms with van der Waals surface area (Å²) in [6.07, 6.45) is 3.55. The molecule has 0 radical (unpaired) electrons. The van der Waals surface area contributed by atoms with E-state index in [9.17, 15) is 0 Å². The lowest BCUT2D eigenvalue weighted by Gasteiger charge is -2.27. The molecule has 0 spiro atoms. The van der Waals surface area contributed by atoms with Crippen molar-refractivity contribution in [3.8, 4) is 0 Å². The first kappa shape index (κ1) is 13.9. The van der Waals surface area contributed by atoms with E-state index in [0.717, 1.165) is 29.7 Å². The Morgan fingerprint density at radius 2 is 2.11 bits per heavy atom. The molecule has 1 fully saturated rings. The van der Waals surface area contributed by atoms with E-state index in [1.54, 1.807) is 0 Å². The molecule has 1 N–H and O–H groups in total. The monoisotopic (exact) mass is 267 g/mol. The van der Waals surface area contributed by atoms with Crippen LogP contribution in [0.15, 0.2) is 18.2 Å². The van der Waals surface area contributed by atoms with Crippen LogP contribution >= 0.6 is 11.6 Å². The van der Waals surface area contributed by atoms with Crippen molar-refractivity contribution < 1.29 is 4.74 Å². The van der Waals surface area contributed by atoms with Gasteiger partial charge in [-0.25, -0.2) is 0 Å². The summed E-state index contributed by atoms with van der Waals surface area (Å²) < 4.78 is 5.42. The van der Waals surface area contributed by atoms with Crippen LogP contribution in [0.3, 0.4) is 0 Å². The molecule has 1 saturated heterocycles. The SMILES string of the molecule is CNC(CC1CCOCC1)c1ccc(Cl)c(C)c1. The first-order valence-electron chi connectivity index (χ1n) is 6.71. The zero-order valence-corrected chi connectivity index (χ0v) is 12.0. The van der Waals surface area contributed by atoms with Crippen LogP contribution in [0.1, 0.15) is 36.4 Å². The van der Waals surface area contributed by atoms with Gasteiger partial charge in [0, 0.05) is 24.3 Å². The summed E-state index contributed by atoms with van der Waals surface area (Å²) in [5.74, 6) is 0.771. The number of halogens is 1. The molecular weight excluding hydrogens is 246 g/mol. The maximum atomic E-state index is 6.08. The minimum Gasteiger partial charge on any atom is -0.381 e. The average molecular weight is 268 g/mol. The van der Waals surface area contributed by atoms with Crippen LogP contribution in [0, 0.1) is 12.8 Å². The van der Waals surface area contributed by atoms with Gasteiger partial charge in [-0.2, -0.15) is 0 Å². The van der Waals surface area contributed by atoms with Gasteiger partial charge in [-0.1, -0.05) is 23.7 Å². The minimum atomic E-state index is 0.420. The van der Waals surface area contributed by atoms with E-state index in [-0.39, 0.29) is 0 Å². The summed E-state index contributed by atoms with van der Waals surface area (Å²) in [6, 6.07) is 6.75. The number of aryl methyl sites for hydroxylation is 1. The Hall–Kier alpha value is -0.570. The Kier molecular flexibility index (Phi) is 5.04. The predicted octanol–water partition coefficient (Wildman–Crippen LogP) is 3.73. The molecule has 0 aliphatic carbocycles. The van der Waals surface area contributed by atoms with Crippen LogP contribution in [0.4, 0.5) is 0 Å². The molecule has 1 aromatic rings. The summed E-state index contributed by atoms with van der Waals surface area (Å²) in [5.41, 5.74) is 2.49. The van der Waals surface area contributed by atoms with Crippen molar-refractivity contribution in [2.45, 2.75) is 32.2 Å². The van der Waals surface area contributed by atoms with E-state index in [2.05, 4.69) is 24.4 Å². The van der Waals surface area contributed by atoms with Crippen LogP contribution in [0.25, 0.3) is 0 Å². The van der Waals surface area contributed by atoms with Gasteiger partial charge >= 0.3 is 0 Å². The highest BCUT2D eigenvalue weighted by Gasteiger charge is 2.19. The van der Waals surface area contributed by atoms with E-state index in [1.165, 1.54) is 24.8 Å². The maximum absolute atomic E-state index is 6.08. The summed E-state index contributed by atoms with van der Waals surface area (Å²) in [4.78, 5) is 0. The Labute approximate surface area is 115 Å². The van der Waals surface area contributed by atoms with Crippen molar-refractivity contribution in [1.29, 1.82) is 0 Å². The largest absolute Gasteiger partial charge is 0.381 e. The van der Waals surface area contributed by atoms with Gasteiger partial charge in [0.25, 0.3) is 0 Å². The van der Waals surface area contributed by atoms with Gasteiger partial charge in [0.1, 0.15) is 0 Å². The van der Waals surface area contributed by atoms with Gasteiger partial charge in [-0.15, -0.1) is 0 Å². The summed E-state index contributed by atoms with van der Waals surface area (Å²) >= 11 is 6.08. The molecular formula is C15H22ClNO. The number of ether oxygens (including phenoxy) is 1. The fourth-order valence-electron chi connectivity index (χ4n) is 2.62. The van der Waals surface area contributed by atoms with E-state index in [1.807, 2.05) is 13.1 Å². The van der Waals surface area contributed by atoms with Crippen molar-refractivity contribution in [1.82, 2.24) is 5.32 Å². The van der Waals surface area contributed by atoms with E-state index < -0.39 is 0 Å². The molecule has 3 heteroatoms. The second-order valence-corrected chi connectivity index (χ2v) is 5.55. The number of hydrogen-bond donors (Lipinski definition) is 1. The summed E-state index contributed by atoms with van der Waals surface area (Å²) in [7, 11) is 2.04. The van der Waals surface area contributed by atoms with Crippen molar-refractivity contribution in [2.75, 3.05) is 20.3 Å². The van der Waals surface area contributed by atoms with Crippen LogP contribution in [-0.2, 0) is 4.74 Å². The van der Waals surface area contributed by atoms with Crippen molar-refractivity contribution in [2.24, 2.45) is 5.92 Å². The number of benzene rings is 1. The third-order valence-electron chi connectivity index (χ3n) is 3.84. The average Bonchev–Trinajstić information content (AvgIpc) is 2.40. The number of rotatable bonds is 4. The molecule has 1 aromatic carbocycles. The highest BCUT2D eigenvalue weighted by molar-refractivity contribution is 6.31. The smallest absolute Gasteiger partial charge is 0.0468 e. The Bertz CT molecular complexity index is 388. The molecule has 18 heavy (non-hydrogen) atoms. The fourth-order valence-corrected chi connectivity index (χ4v) is 2.74. The first-order valence-corrected chi connectivity index (χ1v) is 7.09. The minimum absolute atomic E-state index is 0.420. The van der Waals surface area contributed by atoms with Gasteiger partial charge in [0.2, 0.25) is 0 Å². The Morgan fingerprint density at radius 1 is 1.39 bits per heavy atom. The third kappa shape index (κ3) is 3.47. The zero-order valence-electron chi connectivity index (χ0n) is 11.2. The quantitative estimate of drug-likeness (QED) is 0.898. The molecule has 100 valence electrons. The Morgan fingerprint density at radius 3 is 2.72 bits per heavy atom. The molecule has 2 nitrogen and oxygen atoms in total.